The van der Waals surface area contributed by atoms with E-state index in [-0.39, 0.29) is 5.56 Å². The van der Waals surface area contributed by atoms with E-state index in [1.54, 1.807) is 6.92 Å². The number of aryl methyl sites for hydroxylation is 1. The van der Waals surface area contributed by atoms with Crippen LogP contribution in [0.2, 0.25) is 5.02 Å². The van der Waals surface area contributed by atoms with Crippen LogP contribution < -0.4 is 5.32 Å². The van der Waals surface area contributed by atoms with Gasteiger partial charge in [-0.05, 0) is 25.1 Å². The fraction of sp³-hybridized carbons (Fsp3) is 0.143. The standard InChI is InChI=1S/C14H12ClN3O3/c1-8-16-6-10(7-17-8)13(19)18-12-5-9(14(20)21-2)3-4-11(12)15/h3-7H,1-2H3,(H,18,19). The highest BCUT2D eigenvalue weighted by Crippen LogP contribution is 2.24. The molecule has 0 bridgehead atoms. The predicted molar refractivity (Wildman–Crippen MR) is 77.5 cm³/mol. The van der Waals surface area contributed by atoms with Gasteiger partial charge in [0.05, 0.1) is 28.9 Å². The molecule has 0 aliphatic heterocycles. The van der Waals surface area contributed by atoms with Crippen LogP contribution in [0.3, 0.4) is 0 Å². The quantitative estimate of drug-likeness (QED) is 0.881. The van der Waals surface area contributed by atoms with Gasteiger partial charge in [0.1, 0.15) is 5.82 Å². The van der Waals surface area contributed by atoms with Crippen molar-refractivity contribution in [2.24, 2.45) is 0 Å². The summed E-state index contributed by atoms with van der Waals surface area (Å²) in [6.45, 7) is 1.72. The van der Waals surface area contributed by atoms with Crippen LogP contribution >= 0.6 is 11.6 Å². The number of carbonyl (C=O) groups is 2. The van der Waals surface area contributed by atoms with Crippen LogP contribution in [0, 0.1) is 6.92 Å². The van der Waals surface area contributed by atoms with Crippen molar-refractivity contribution in [3.05, 3.63) is 52.6 Å². The molecule has 0 fully saturated rings. The SMILES string of the molecule is COC(=O)c1ccc(Cl)c(NC(=O)c2cnc(C)nc2)c1. The van der Waals surface area contributed by atoms with Crippen molar-refractivity contribution >= 4 is 29.2 Å². The number of carbonyl (C=O) groups excluding carboxylic acids is 2. The van der Waals surface area contributed by atoms with Crippen molar-refractivity contribution in [1.29, 1.82) is 0 Å². The van der Waals surface area contributed by atoms with E-state index in [0.29, 0.717) is 22.1 Å². The summed E-state index contributed by atoms with van der Waals surface area (Å²) in [7, 11) is 1.28. The van der Waals surface area contributed by atoms with Crippen LogP contribution in [0.15, 0.2) is 30.6 Å². The Bertz CT molecular complexity index is 686. The molecular weight excluding hydrogens is 294 g/mol. The number of nitrogens with one attached hydrogen (secondary N) is 1. The molecule has 7 heteroatoms. The first-order chi connectivity index (χ1) is 10.0. The maximum Gasteiger partial charge on any atom is 0.337 e. The predicted octanol–water partition coefficient (Wildman–Crippen LogP) is 2.48. The lowest BCUT2D eigenvalue weighted by Crippen LogP contribution is -2.14. The number of anilines is 1. The number of nitrogens with zero attached hydrogens (tertiary/aromatic N) is 2. The Morgan fingerprint density at radius 2 is 1.86 bits per heavy atom. The highest BCUT2D eigenvalue weighted by molar-refractivity contribution is 6.34. The zero-order valence-electron chi connectivity index (χ0n) is 11.4. The smallest absolute Gasteiger partial charge is 0.337 e. The van der Waals surface area contributed by atoms with Gasteiger partial charge >= 0.3 is 5.97 Å². The second-order valence-electron chi connectivity index (χ2n) is 4.16. The molecular formula is C14H12ClN3O3. The Balaban J connectivity index is 2.24. The molecule has 0 aliphatic carbocycles. The lowest BCUT2D eigenvalue weighted by atomic mass is 10.2. The molecule has 1 N–H and O–H groups in total. The van der Waals surface area contributed by atoms with E-state index < -0.39 is 11.9 Å². The molecule has 0 radical (unpaired) electrons. The number of halogens is 1. The van der Waals surface area contributed by atoms with E-state index in [4.69, 9.17) is 11.6 Å². The Kier molecular flexibility index (Phi) is 4.49. The van der Waals surface area contributed by atoms with Gasteiger partial charge in [-0.1, -0.05) is 11.6 Å². The van der Waals surface area contributed by atoms with E-state index in [9.17, 15) is 9.59 Å². The van der Waals surface area contributed by atoms with Crippen LogP contribution in [-0.4, -0.2) is 29.0 Å². The molecule has 2 aromatic rings. The number of hydrogen-bond acceptors (Lipinski definition) is 5. The molecule has 0 spiro atoms. The molecule has 6 nitrogen and oxygen atoms in total. The van der Waals surface area contributed by atoms with E-state index >= 15 is 0 Å². The van der Waals surface area contributed by atoms with Crippen LogP contribution in [0.4, 0.5) is 5.69 Å². The third kappa shape index (κ3) is 3.55. The van der Waals surface area contributed by atoms with Gasteiger partial charge in [-0.15, -0.1) is 0 Å². The van der Waals surface area contributed by atoms with Crippen LogP contribution in [0.5, 0.6) is 0 Å². The third-order valence-corrected chi connectivity index (χ3v) is 3.01. The molecule has 1 heterocycles. The van der Waals surface area contributed by atoms with Gasteiger partial charge in [0.2, 0.25) is 0 Å². The van der Waals surface area contributed by atoms with Gasteiger partial charge in [0.15, 0.2) is 0 Å². The molecule has 2 rings (SSSR count). The van der Waals surface area contributed by atoms with Crippen molar-refractivity contribution in [1.82, 2.24) is 9.97 Å². The summed E-state index contributed by atoms with van der Waals surface area (Å²) in [5, 5.41) is 2.92. The van der Waals surface area contributed by atoms with Crippen LogP contribution in [0.1, 0.15) is 26.5 Å². The first kappa shape index (κ1) is 14.9. The zero-order chi connectivity index (χ0) is 15.4. The lowest BCUT2D eigenvalue weighted by molar-refractivity contribution is 0.0600. The minimum atomic E-state index is -0.513. The summed E-state index contributed by atoms with van der Waals surface area (Å²) in [4.78, 5) is 31.4. The Hall–Kier alpha value is -2.47. The second kappa shape index (κ2) is 6.32. The Morgan fingerprint density at radius 1 is 1.19 bits per heavy atom. The second-order valence-corrected chi connectivity index (χ2v) is 4.57. The molecule has 21 heavy (non-hydrogen) atoms. The van der Waals surface area contributed by atoms with E-state index in [1.165, 1.54) is 37.7 Å². The van der Waals surface area contributed by atoms with Crippen LogP contribution in [0.25, 0.3) is 0 Å². The molecule has 0 aliphatic rings. The topological polar surface area (TPSA) is 81.2 Å². The third-order valence-electron chi connectivity index (χ3n) is 2.68. The largest absolute Gasteiger partial charge is 0.465 e. The minimum absolute atomic E-state index is 0.289. The van der Waals surface area contributed by atoms with Gasteiger partial charge in [0.25, 0.3) is 5.91 Å². The monoisotopic (exact) mass is 305 g/mol. The number of hydrogen-bond donors (Lipinski definition) is 1. The summed E-state index contributed by atoms with van der Waals surface area (Å²) in [6, 6.07) is 4.47. The van der Waals surface area contributed by atoms with Gasteiger partial charge < -0.3 is 10.1 Å². The number of ether oxygens (including phenoxy) is 1. The fourth-order valence-electron chi connectivity index (χ4n) is 1.57. The Labute approximate surface area is 126 Å². The first-order valence-corrected chi connectivity index (χ1v) is 6.37. The fourth-order valence-corrected chi connectivity index (χ4v) is 1.74. The van der Waals surface area contributed by atoms with E-state index in [0.717, 1.165) is 0 Å². The number of rotatable bonds is 3. The summed E-state index contributed by atoms with van der Waals surface area (Å²) in [5.41, 5.74) is 0.891. The molecule has 108 valence electrons. The number of methoxy groups -OCH3 is 1. The van der Waals surface area contributed by atoms with E-state index in [2.05, 4.69) is 20.0 Å². The molecule has 1 aromatic heterocycles. The molecule has 0 saturated carbocycles. The number of aromatic nitrogens is 2. The van der Waals surface area contributed by atoms with Crippen LogP contribution in [-0.2, 0) is 4.74 Å². The molecule has 0 unspecified atom stereocenters. The van der Waals surface area contributed by atoms with Gasteiger partial charge in [-0.25, -0.2) is 14.8 Å². The lowest BCUT2D eigenvalue weighted by Gasteiger charge is -2.08. The van der Waals surface area contributed by atoms with Gasteiger partial charge in [0, 0.05) is 12.4 Å². The zero-order valence-corrected chi connectivity index (χ0v) is 12.1. The molecule has 0 saturated heterocycles. The molecule has 0 atom stereocenters. The van der Waals surface area contributed by atoms with Crippen molar-refractivity contribution in [3.8, 4) is 0 Å². The first-order valence-electron chi connectivity index (χ1n) is 5.99. The number of benzene rings is 1. The molecule has 1 amide bonds. The highest BCUT2D eigenvalue weighted by Gasteiger charge is 2.13. The number of amides is 1. The van der Waals surface area contributed by atoms with E-state index in [1.807, 2.05) is 0 Å². The van der Waals surface area contributed by atoms with Crippen molar-refractivity contribution in [3.63, 3.8) is 0 Å². The normalized spacial score (nSPS) is 10.0. The average molecular weight is 306 g/mol. The van der Waals surface area contributed by atoms with Gasteiger partial charge in [-0.2, -0.15) is 0 Å². The van der Waals surface area contributed by atoms with Gasteiger partial charge in [-0.3, -0.25) is 4.79 Å². The maximum atomic E-state index is 12.1. The molecule has 1 aromatic carbocycles. The summed E-state index contributed by atoms with van der Waals surface area (Å²) in [5.74, 6) is -0.364. The summed E-state index contributed by atoms with van der Waals surface area (Å²) < 4.78 is 4.62. The minimum Gasteiger partial charge on any atom is -0.465 e. The number of esters is 1. The van der Waals surface area contributed by atoms with Crippen molar-refractivity contribution in [2.75, 3.05) is 12.4 Å². The Morgan fingerprint density at radius 3 is 2.48 bits per heavy atom. The van der Waals surface area contributed by atoms with Crippen molar-refractivity contribution < 1.29 is 14.3 Å². The van der Waals surface area contributed by atoms with Crippen molar-refractivity contribution in [2.45, 2.75) is 6.92 Å². The highest BCUT2D eigenvalue weighted by atomic mass is 35.5. The average Bonchev–Trinajstić information content (AvgIpc) is 2.49. The summed E-state index contributed by atoms with van der Waals surface area (Å²) in [6.07, 6.45) is 2.82. The maximum absolute atomic E-state index is 12.1. The summed E-state index contributed by atoms with van der Waals surface area (Å²) >= 11 is 6.00.